The quantitative estimate of drug-likeness (QED) is 0.819. The number of H-pyrrole nitrogens is 1. The number of morpholine rings is 1. The molecule has 1 aliphatic heterocycles. The number of aromatic nitrogens is 5. The van der Waals surface area contributed by atoms with Crippen LogP contribution in [0, 0.1) is 0 Å². The first-order chi connectivity index (χ1) is 11.6. The third-order valence-corrected chi connectivity index (χ3v) is 3.73. The Balaban J connectivity index is 1.91. The summed E-state index contributed by atoms with van der Waals surface area (Å²) in [4.78, 5) is 1.27. The highest BCUT2D eigenvalue weighted by molar-refractivity contribution is 5.60. The summed E-state index contributed by atoms with van der Waals surface area (Å²) in [6.07, 6.45) is -10.3. The van der Waals surface area contributed by atoms with Gasteiger partial charge in [0.1, 0.15) is 0 Å². The van der Waals surface area contributed by atoms with Crippen molar-refractivity contribution in [1.29, 1.82) is 0 Å². The van der Waals surface area contributed by atoms with E-state index < -0.39 is 30.7 Å². The highest BCUT2D eigenvalue weighted by atomic mass is 19.4. The van der Waals surface area contributed by atoms with E-state index in [0.717, 1.165) is 6.20 Å². The van der Waals surface area contributed by atoms with E-state index in [1.807, 2.05) is 5.10 Å². The van der Waals surface area contributed by atoms with Crippen molar-refractivity contribution >= 4 is 5.95 Å². The monoisotopic (exact) mass is 370 g/mol. The summed E-state index contributed by atoms with van der Waals surface area (Å²) in [5.74, 6) is -0.145. The van der Waals surface area contributed by atoms with Crippen molar-refractivity contribution in [2.45, 2.75) is 18.5 Å². The van der Waals surface area contributed by atoms with Crippen LogP contribution in [0.2, 0.25) is 0 Å². The number of halogens is 6. The highest BCUT2D eigenvalue weighted by Gasteiger charge is 2.44. The second-order valence-electron chi connectivity index (χ2n) is 5.39. The summed E-state index contributed by atoms with van der Waals surface area (Å²) in [6, 6.07) is 0. The molecule has 3 heterocycles. The van der Waals surface area contributed by atoms with Gasteiger partial charge in [-0.2, -0.15) is 31.4 Å². The van der Waals surface area contributed by atoms with E-state index in [1.165, 1.54) is 16.5 Å². The largest absolute Gasteiger partial charge is 0.433 e. The Bertz CT molecular complexity index is 750. The maximum atomic E-state index is 13.0. The molecule has 13 heteroatoms. The van der Waals surface area contributed by atoms with E-state index in [2.05, 4.69) is 20.0 Å². The molecule has 0 spiro atoms. The molecule has 0 amide bonds. The molecule has 1 atom stereocenters. The van der Waals surface area contributed by atoms with Gasteiger partial charge < -0.3 is 9.64 Å². The molecule has 25 heavy (non-hydrogen) atoms. The van der Waals surface area contributed by atoms with Crippen molar-refractivity contribution in [2.75, 3.05) is 24.6 Å². The fraction of sp³-hybridized carbons (Fsp3) is 0.583. The Morgan fingerprint density at radius 2 is 1.92 bits per heavy atom. The molecule has 138 valence electrons. The molecule has 1 aliphatic rings. The predicted molar refractivity (Wildman–Crippen MR) is 71.6 cm³/mol. The Hall–Kier alpha value is -2.31. The minimum atomic E-state index is -4.68. The Morgan fingerprint density at radius 1 is 1.20 bits per heavy atom. The average molecular weight is 370 g/mol. The van der Waals surface area contributed by atoms with Crippen LogP contribution >= 0.6 is 0 Å². The van der Waals surface area contributed by atoms with E-state index in [1.54, 1.807) is 0 Å². The second kappa shape index (κ2) is 5.89. The van der Waals surface area contributed by atoms with Crippen molar-refractivity contribution in [3.8, 4) is 11.4 Å². The second-order valence-corrected chi connectivity index (χ2v) is 5.39. The molecular weight excluding hydrogens is 358 g/mol. The lowest BCUT2D eigenvalue weighted by Gasteiger charge is -2.34. The molecule has 3 rings (SSSR count). The minimum Gasteiger partial charge on any atom is -0.365 e. The number of nitrogens with zero attached hydrogens (tertiary/aromatic N) is 5. The summed E-state index contributed by atoms with van der Waals surface area (Å²) < 4.78 is 83.2. The molecule has 0 unspecified atom stereocenters. The minimum absolute atomic E-state index is 0.0156. The third kappa shape index (κ3) is 3.27. The average Bonchev–Trinajstić information content (AvgIpc) is 3.12. The summed E-state index contributed by atoms with van der Waals surface area (Å²) in [5, 5.41) is 12.6. The maximum absolute atomic E-state index is 13.0. The number of alkyl halides is 6. The smallest absolute Gasteiger partial charge is 0.365 e. The SMILES string of the molecule is Cn1c(-c2cn[nH]c2C(F)(F)F)nnc1N1CCO[C@@H](C(F)(F)F)C1. The van der Waals surface area contributed by atoms with E-state index in [0.29, 0.717) is 0 Å². The van der Waals surface area contributed by atoms with Gasteiger partial charge in [0.15, 0.2) is 17.6 Å². The first kappa shape index (κ1) is 17.5. The summed E-state index contributed by atoms with van der Waals surface area (Å²) in [5.41, 5.74) is -1.45. The van der Waals surface area contributed by atoms with Gasteiger partial charge in [-0.15, -0.1) is 10.2 Å². The number of nitrogens with one attached hydrogen (secondary N) is 1. The van der Waals surface area contributed by atoms with Crippen molar-refractivity contribution in [2.24, 2.45) is 7.05 Å². The van der Waals surface area contributed by atoms with Gasteiger partial charge in [0.25, 0.3) is 0 Å². The van der Waals surface area contributed by atoms with Crippen LogP contribution < -0.4 is 4.90 Å². The maximum Gasteiger partial charge on any atom is 0.433 e. The zero-order chi connectivity index (χ0) is 18.4. The number of ether oxygens (including phenoxy) is 1. The van der Waals surface area contributed by atoms with Crippen molar-refractivity contribution in [3.05, 3.63) is 11.9 Å². The Labute approximate surface area is 136 Å². The molecule has 1 fully saturated rings. The van der Waals surface area contributed by atoms with Crippen molar-refractivity contribution in [1.82, 2.24) is 25.0 Å². The standard InChI is InChI=1S/C12H12F6N6O/c1-23-9(6-4-19-20-8(6)12(16,17)18)21-22-10(23)24-2-3-25-7(5-24)11(13,14)15/h4,7H,2-3,5H2,1H3,(H,19,20)/t7-/m1/s1. The van der Waals surface area contributed by atoms with Gasteiger partial charge in [0.2, 0.25) is 5.95 Å². The molecule has 0 bridgehead atoms. The van der Waals surface area contributed by atoms with E-state index >= 15 is 0 Å². The number of aromatic amines is 1. The van der Waals surface area contributed by atoms with Gasteiger partial charge in [0.05, 0.1) is 24.9 Å². The summed E-state index contributed by atoms with van der Waals surface area (Å²) >= 11 is 0. The number of rotatable bonds is 2. The van der Waals surface area contributed by atoms with Crippen LogP contribution in [0.5, 0.6) is 0 Å². The zero-order valence-electron chi connectivity index (χ0n) is 12.7. The topological polar surface area (TPSA) is 71.9 Å². The van der Waals surface area contributed by atoms with E-state index in [4.69, 9.17) is 0 Å². The molecule has 1 N–H and O–H groups in total. The molecule has 7 nitrogen and oxygen atoms in total. The molecule has 2 aromatic heterocycles. The highest BCUT2D eigenvalue weighted by Crippen LogP contribution is 2.35. The molecule has 0 aliphatic carbocycles. The van der Waals surface area contributed by atoms with Crippen molar-refractivity contribution in [3.63, 3.8) is 0 Å². The lowest BCUT2D eigenvalue weighted by atomic mass is 10.2. The van der Waals surface area contributed by atoms with Crippen LogP contribution in [0.3, 0.4) is 0 Å². The molecule has 0 saturated carbocycles. The first-order valence-corrected chi connectivity index (χ1v) is 7.02. The molecular formula is C12H12F6N6O. The molecule has 0 radical (unpaired) electrons. The third-order valence-electron chi connectivity index (χ3n) is 3.73. The van der Waals surface area contributed by atoms with Gasteiger partial charge in [-0.05, 0) is 0 Å². The van der Waals surface area contributed by atoms with Crippen LogP contribution in [0.4, 0.5) is 32.3 Å². The number of anilines is 1. The van der Waals surface area contributed by atoms with Crippen LogP contribution in [0.1, 0.15) is 5.69 Å². The number of hydrogen-bond acceptors (Lipinski definition) is 5. The summed E-state index contributed by atoms with van der Waals surface area (Å²) in [7, 11) is 1.37. The Kier molecular flexibility index (Phi) is 4.13. The van der Waals surface area contributed by atoms with Gasteiger partial charge >= 0.3 is 12.4 Å². The fourth-order valence-electron chi connectivity index (χ4n) is 2.53. The normalized spacial score (nSPS) is 19.5. The first-order valence-electron chi connectivity index (χ1n) is 7.02. The lowest BCUT2D eigenvalue weighted by molar-refractivity contribution is -0.221. The van der Waals surface area contributed by atoms with Gasteiger partial charge in [-0.25, -0.2) is 0 Å². The molecule has 2 aromatic rings. The van der Waals surface area contributed by atoms with Crippen LogP contribution in [-0.4, -0.2) is 56.9 Å². The van der Waals surface area contributed by atoms with Crippen LogP contribution in [0.15, 0.2) is 6.20 Å². The molecule has 0 aromatic carbocycles. The van der Waals surface area contributed by atoms with Gasteiger partial charge in [-0.3, -0.25) is 9.67 Å². The lowest BCUT2D eigenvalue weighted by Crippen LogP contribution is -2.50. The van der Waals surface area contributed by atoms with Gasteiger partial charge in [-0.1, -0.05) is 0 Å². The van der Waals surface area contributed by atoms with Crippen LogP contribution in [-0.2, 0) is 18.0 Å². The fourth-order valence-corrected chi connectivity index (χ4v) is 2.53. The zero-order valence-corrected chi connectivity index (χ0v) is 12.7. The van der Waals surface area contributed by atoms with E-state index in [9.17, 15) is 26.3 Å². The predicted octanol–water partition coefficient (Wildman–Crippen LogP) is 1.99. The van der Waals surface area contributed by atoms with Crippen LogP contribution in [0.25, 0.3) is 11.4 Å². The van der Waals surface area contributed by atoms with Crippen molar-refractivity contribution < 1.29 is 31.1 Å². The summed E-state index contributed by atoms with van der Waals surface area (Å²) in [6.45, 7) is -0.602. The molecule has 1 saturated heterocycles. The number of hydrogen-bond donors (Lipinski definition) is 1. The Morgan fingerprint density at radius 3 is 2.56 bits per heavy atom. The van der Waals surface area contributed by atoms with Gasteiger partial charge in [0, 0.05) is 13.6 Å². The van der Waals surface area contributed by atoms with E-state index in [-0.39, 0.29) is 30.5 Å².